The highest BCUT2D eigenvalue weighted by Gasteiger charge is 2.31. The van der Waals surface area contributed by atoms with E-state index in [4.69, 9.17) is 0 Å². The van der Waals surface area contributed by atoms with E-state index >= 15 is 0 Å². The molecule has 2 aliphatic rings. The summed E-state index contributed by atoms with van der Waals surface area (Å²) in [5.74, 6) is -0.172. The maximum atomic E-state index is 12.6. The van der Waals surface area contributed by atoms with Crippen molar-refractivity contribution in [2.24, 2.45) is 5.92 Å². The van der Waals surface area contributed by atoms with E-state index in [0.29, 0.717) is 19.5 Å². The smallest absolute Gasteiger partial charge is 0.228 e. The van der Waals surface area contributed by atoms with Gasteiger partial charge in [0.2, 0.25) is 15.9 Å². The number of benzene rings is 1. The average molecular weight is 350 g/mol. The number of carbonyl (C=O) groups excluding carboxylic acids is 1. The van der Waals surface area contributed by atoms with Gasteiger partial charge in [0.15, 0.2) is 0 Å². The first-order valence-electron chi connectivity index (χ1n) is 8.90. The summed E-state index contributed by atoms with van der Waals surface area (Å²) in [5.41, 5.74) is 3.53. The summed E-state index contributed by atoms with van der Waals surface area (Å²) in [6, 6.07) is 6.11. The number of nitrogens with one attached hydrogen (secondary N) is 1. The van der Waals surface area contributed by atoms with Crippen LogP contribution >= 0.6 is 0 Å². The second-order valence-corrected chi connectivity index (χ2v) is 8.93. The van der Waals surface area contributed by atoms with E-state index < -0.39 is 10.0 Å². The summed E-state index contributed by atoms with van der Waals surface area (Å²) in [7, 11) is -3.23. The van der Waals surface area contributed by atoms with Crippen molar-refractivity contribution in [3.63, 3.8) is 0 Å². The standard InChI is InChI=1S/C18H26N2O3S/c1-2-11-24(22,23)20-10-4-7-16(13-20)18(21)19-17-9-8-14-5-3-6-15(14)12-17/h8-9,12,16H,2-7,10-11,13H2,1H3,(H,19,21)/t16-/m1/s1. The van der Waals surface area contributed by atoms with Crippen molar-refractivity contribution in [1.29, 1.82) is 0 Å². The molecule has 24 heavy (non-hydrogen) atoms. The number of anilines is 1. The summed E-state index contributed by atoms with van der Waals surface area (Å²) in [4.78, 5) is 12.6. The quantitative estimate of drug-likeness (QED) is 0.887. The number of carbonyl (C=O) groups is 1. The first-order valence-corrected chi connectivity index (χ1v) is 10.5. The first kappa shape index (κ1) is 17.4. The number of nitrogens with zero attached hydrogens (tertiary/aromatic N) is 1. The Balaban J connectivity index is 1.64. The third-order valence-corrected chi connectivity index (χ3v) is 7.02. The van der Waals surface area contributed by atoms with Crippen LogP contribution in [0.4, 0.5) is 5.69 Å². The van der Waals surface area contributed by atoms with Crippen LogP contribution < -0.4 is 5.32 Å². The lowest BCUT2D eigenvalue weighted by Crippen LogP contribution is -2.44. The number of fused-ring (bicyclic) bond motifs is 1. The van der Waals surface area contributed by atoms with Gasteiger partial charge in [0.1, 0.15) is 0 Å². The maximum Gasteiger partial charge on any atom is 0.228 e. The molecule has 1 aromatic carbocycles. The van der Waals surface area contributed by atoms with Crippen LogP contribution in [0, 0.1) is 5.92 Å². The Hall–Kier alpha value is -1.40. The van der Waals surface area contributed by atoms with Crippen LogP contribution in [0.1, 0.15) is 43.7 Å². The number of hydrogen-bond donors (Lipinski definition) is 1. The molecule has 0 bridgehead atoms. The summed E-state index contributed by atoms with van der Waals surface area (Å²) in [5, 5.41) is 2.98. The molecule has 1 N–H and O–H groups in total. The molecule has 1 aromatic rings. The molecule has 1 amide bonds. The Kier molecular flexibility index (Phi) is 5.25. The van der Waals surface area contributed by atoms with Gasteiger partial charge in [0.25, 0.3) is 0 Å². The second kappa shape index (κ2) is 7.23. The Morgan fingerprint density at radius 1 is 1.25 bits per heavy atom. The molecule has 1 heterocycles. The molecule has 0 aromatic heterocycles. The van der Waals surface area contributed by atoms with Crippen LogP contribution in [-0.4, -0.2) is 37.5 Å². The third-order valence-electron chi connectivity index (χ3n) is 4.98. The number of aryl methyl sites for hydroxylation is 2. The average Bonchev–Trinajstić information content (AvgIpc) is 3.02. The molecule has 1 aliphatic carbocycles. The predicted octanol–water partition coefficient (Wildman–Crippen LogP) is 2.57. The van der Waals surface area contributed by atoms with Gasteiger partial charge in [-0.1, -0.05) is 13.0 Å². The Labute approximate surface area is 144 Å². The number of piperidine rings is 1. The van der Waals surface area contributed by atoms with E-state index in [1.807, 2.05) is 13.0 Å². The molecule has 1 atom stereocenters. The van der Waals surface area contributed by atoms with Gasteiger partial charge in [-0.3, -0.25) is 4.79 Å². The Bertz CT molecular complexity index is 715. The molecule has 6 heteroatoms. The molecular formula is C18H26N2O3S. The molecule has 1 fully saturated rings. The number of rotatable bonds is 5. The van der Waals surface area contributed by atoms with Crippen LogP contribution in [0.25, 0.3) is 0 Å². The third kappa shape index (κ3) is 3.81. The second-order valence-electron chi connectivity index (χ2n) is 6.84. The molecule has 132 valence electrons. The minimum atomic E-state index is -3.23. The van der Waals surface area contributed by atoms with Crippen molar-refractivity contribution < 1.29 is 13.2 Å². The van der Waals surface area contributed by atoms with Crippen LogP contribution in [0.3, 0.4) is 0 Å². The van der Waals surface area contributed by atoms with Crippen LogP contribution in [0.15, 0.2) is 18.2 Å². The molecule has 3 rings (SSSR count). The van der Waals surface area contributed by atoms with Crippen molar-refractivity contribution >= 4 is 21.6 Å². The fraction of sp³-hybridized carbons (Fsp3) is 0.611. The van der Waals surface area contributed by atoms with Crippen LogP contribution in [0.2, 0.25) is 0 Å². The molecular weight excluding hydrogens is 324 g/mol. The largest absolute Gasteiger partial charge is 0.326 e. The first-order chi connectivity index (χ1) is 11.5. The minimum absolute atomic E-state index is 0.0654. The van der Waals surface area contributed by atoms with Gasteiger partial charge < -0.3 is 5.32 Å². The van der Waals surface area contributed by atoms with Gasteiger partial charge in [-0.2, -0.15) is 0 Å². The van der Waals surface area contributed by atoms with E-state index in [0.717, 1.165) is 31.4 Å². The van der Waals surface area contributed by atoms with E-state index in [1.165, 1.54) is 21.9 Å². The molecule has 0 unspecified atom stereocenters. The number of amides is 1. The molecule has 0 saturated carbocycles. The van der Waals surface area contributed by atoms with Gasteiger partial charge in [0.05, 0.1) is 11.7 Å². The highest BCUT2D eigenvalue weighted by atomic mass is 32.2. The lowest BCUT2D eigenvalue weighted by atomic mass is 9.98. The van der Waals surface area contributed by atoms with E-state index in [2.05, 4.69) is 17.4 Å². The normalized spacial score (nSPS) is 21.5. The molecule has 0 radical (unpaired) electrons. The Morgan fingerprint density at radius 3 is 2.83 bits per heavy atom. The van der Waals surface area contributed by atoms with Crippen LogP contribution in [0.5, 0.6) is 0 Å². The van der Waals surface area contributed by atoms with E-state index in [9.17, 15) is 13.2 Å². The lowest BCUT2D eigenvalue weighted by Gasteiger charge is -2.31. The summed E-state index contributed by atoms with van der Waals surface area (Å²) >= 11 is 0. The fourth-order valence-electron chi connectivity index (χ4n) is 3.69. The molecule has 5 nitrogen and oxygen atoms in total. The van der Waals surface area contributed by atoms with Crippen molar-refractivity contribution in [3.8, 4) is 0 Å². The van der Waals surface area contributed by atoms with Crippen molar-refractivity contribution in [1.82, 2.24) is 4.31 Å². The lowest BCUT2D eigenvalue weighted by molar-refractivity contribution is -0.120. The maximum absolute atomic E-state index is 12.6. The number of hydrogen-bond acceptors (Lipinski definition) is 3. The summed E-state index contributed by atoms with van der Waals surface area (Å²) in [6.45, 7) is 2.70. The fourth-order valence-corrected chi connectivity index (χ4v) is 5.28. The Morgan fingerprint density at radius 2 is 2.04 bits per heavy atom. The topological polar surface area (TPSA) is 66.5 Å². The zero-order chi connectivity index (χ0) is 17.2. The molecule has 0 spiro atoms. The number of sulfonamides is 1. The molecule has 1 saturated heterocycles. The van der Waals surface area contributed by atoms with Gasteiger partial charge in [0, 0.05) is 18.8 Å². The highest BCUT2D eigenvalue weighted by Crippen LogP contribution is 2.26. The van der Waals surface area contributed by atoms with Gasteiger partial charge in [-0.25, -0.2) is 12.7 Å². The van der Waals surface area contributed by atoms with Gasteiger partial charge in [-0.05, 0) is 61.8 Å². The highest BCUT2D eigenvalue weighted by molar-refractivity contribution is 7.89. The zero-order valence-electron chi connectivity index (χ0n) is 14.3. The van der Waals surface area contributed by atoms with Crippen molar-refractivity contribution in [3.05, 3.63) is 29.3 Å². The SMILES string of the molecule is CCCS(=O)(=O)N1CCC[C@@H](C(=O)Nc2ccc3c(c2)CCC3)C1. The van der Waals surface area contributed by atoms with E-state index in [-0.39, 0.29) is 17.6 Å². The molecule has 1 aliphatic heterocycles. The van der Waals surface area contributed by atoms with Crippen LogP contribution in [-0.2, 0) is 27.7 Å². The van der Waals surface area contributed by atoms with E-state index in [1.54, 1.807) is 0 Å². The van der Waals surface area contributed by atoms with Gasteiger partial charge >= 0.3 is 0 Å². The summed E-state index contributed by atoms with van der Waals surface area (Å²) in [6.07, 6.45) is 5.46. The zero-order valence-corrected chi connectivity index (χ0v) is 15.1. The minimum Gasteiger partial charge on any atom is -0.326 e. The van der Waals surface area contributed by atoms with Gasteiger partial charge in [-0.15, -0.1) is 0 Å². The van der Waals surface area contributed by atoms with Crippen molar-refractivity contribution in [2.75, 3.05) is 24.2 Å². The monoisotopic (exact) mass is 350 g/mol. The van der Waals surface area contributed by atoms with Crippen molar-refractivity contribution in [2.45, 2.75) is 45.4 Å². The predicted molar refractivity (Wildman–Crippen MR) is 95.5 cm³/mol. The summed E-state index contributed by atoms with van der Waals surface area (Å²) < 4.78 is 26.0.